The third-order valence-corrected chi connectivity index (χ3v) is 6.06. The highest BCUT2D eigenvalue weighted by atomic mass is 16.5. The van der Waals surface area contributed by atoms with Crippen molar-refractivity contribution in [3.05, 3.63) is 29.6 Å². The Kier molecular flexibility index (Phi) is 5.41. The number of hydrogen-bond acceptors (Lipinski definition) is 5. The third-order valence-electron chi connectivity index (χ3n) is 6.06. The van der Waals surface area contributed by atoms with Gasteiger partial charge in [-0.1, -0.05) is 6.42 Å². The van der Waals surface area contributed by atoms with E-state index < -0.39 is 5.91 Å². The summed E-state index contributed by atoms with van der Waals surface area (Å²) in [6, 6.07) is 4.20. The number of nitrogens with zero attached hydrogens (tertiary/aromatic N) is 2. The summed E-state index contributed by atoms with van der Waals surface area (Å²) in [5.41, 5.74) is 6.42. The summed E-state index contributed by atoms with van der Waals surface area (Å²) in [6.07, 6.45) is 5.14. The molecule has 2 N–H and O–H groups in total. The van der Waals surface area contributed by atoms with E-state index in [4.69, 9.17) is 15.2 Å². The van der Waals surface area contributed by atoms with E-state index in [1.165, 1.54) is 6.42 Å². The number of ether oxygens (including phenoxy) is 2. The lowest BCUT2D eigenvalue weighted by Gasteiger charge is -2.56. The Morgan fingerprint density at radius 1 is 1.40 bits per heavy atom. The molecule has 3 rings (SSSR count). The Bertz CT molecular complexity index is 608. The topological polar surface area (TPSA) is 77.7 Å². The number of pyridine rings is 1. The molecule has 1 aromatic heterocycles. The van der Waals surface area contributed by atoms with Crippen molar-refractivity contribution in [3.63, 3.8) is 0 Å². The van der Waals surface area contributed by atoms with E-state index in [1.54, 1.807) is 20.4 Å². The Morgan fingerprint density at radius 2 is 2.08 bits per heavy atom. The molecule has 1 aliphatic carbocycles. The van der Waals surface area contributed by atoms with E-state index in [1.807, 2.05) is 12.1 Å². The molecule has 0 radical (unpaired) electrons. The lowest BCUT2D eigenvalue weighted by atomic mass is 9.62. The molecule has 1 saturated carbocycles. The maximum absolute atomic E-state index is 11.6. The van der Waals surface area contributed by atoms with Gasteiger partial charge in [0.05, 0.1) is 6.61 Å². The monoisotopic (exact) mass is 347 g/mol. The summed E-state index contributed by atoms with van der Waals surface area (Å²) < 4.78 is 11.6. The van der Waals surface area contributed by atoms with Gasteiger partial charge in [0, 0.05) is 51.4 Å². The smallest absolute Gasteiger partial charge is 0.267 e. The molecule has 0 aromatic carbocycles. The number of primary amides is 1. The maximum atomic E-state index is 11.6. The second kappa shape index (κ2) is 7.40. The van der Waals surface area contributed by atoms with Crippen molar-refractivity contribution < 1.29 is 14.3 Å². The van der Waals surface area contributed by atoms with Gasteiger partial charge in [-0.25, -0.2) is 0 Å². The molecule has 2 aliphatic rings. The van der Waals surface area contributed by atoms with Crippen molar-refractivity contribution in [3.8, 4) is 0 Å². The molecule has 2 fully saturated rings. The van der Waals surface area contributed by atoms with E-state index in [0.717, 1.165) is 38.1 Å². The molecule has 1 amide bonds. The number of rotatable bonds is 6. The third kappa shape index (κ3) is 3.18. The number of carbonyl (C=O) groups excluding carboxylic acids is 1. The first-order valence-electron chi connectivity index (χ1n) is 9.07. The summed E-state index contributed by atoms with van der Waals surface area (Å²) in [5, 5.41) is 0. The summed E-state index contributed by atoms with van der Waals surface area (Å²) in [6.45, 7) is 4.91. The molecule has 25 heavy (non-hydrogen) atoms. The van der Waals surface area contributed by atoms with Gasteiger partial charge in [0.1, 0.15) is 11.3 Å². The molecule has 3 atom stereocenters. The minimum absolute atomic E-state index is 0.308. The van der Waals surface area contributed by atoms with Gasteiger partial charge < -0.3 is 15.2 Å². The van der Waals surface area contributed by atoms with Crippen molar-refractivity contribution >= 4 is 5.91 Å². The maximum Gasteiger partial charge on any atom is 0.267 e. The first-order chi connectivity index (χ1) is 12.0. The Labute approximate surface area is 149 Å². The van der Waals surface area contributed by atoms with E-state index >= 15 is 0 Å². The molecule has 1 saturated heterocycles. The Morgan fingerprint density at radius 3 is 2.64 bits per heavy atom. The van der Waals surface area contributed by atoms with Crippen LogP contribution in [0.15, 0.2) is 18.3 Å². The fourth-order valence-electron chi connectivity index (χ4n) is 4.90. The minimum atomic E-state index is -0.496. The van der Waals surface area contributed by atoms with Crippen molar-refractivity contribution in [1.82, 2.24) is 9.88 Å². The zero-order chi connectivity index (χ0) is 18.0. The number of aromatic nitrogens is 1. The minimum Gasteiger partial charge on any atom is -0.383 e. The van der Waals surface area contributed by atoms with Crippen molar-refractivity contribution in [2.45, 2.75) is 37.8 Å². The Hall–Kier alpha value is -1.50. The van der Waals surface area contributed by atoms with E-state index in [9.17, 15) is 4.79 Å². The SMILES string of the molecule is COC[C@H](C)N1CC2CCCC(C1)C2(OC)c1ccnc(C(N)=O)c1. The number of piperidine rings is 1. The lowest BCUT2D eigenvalue weighted by Crippen LogP contribution is -2.61. The van der Waals surface area contributed by atoms with Crippen molar-refractivity contribution in [2.75, 3.05) is 33.9 Å². The average Bonchev–Trinajstić information content (AvgIpc) is 2.60. The van der Waals surface area contributed by atoms with E-state index in [0.29, 0.717) is 23.6 Å². The predicted octanol–water partition coefficient (Wildman–Crippen LogP) is 1.79. The zero-order valence-corrected chi connectivity index (χ0v) is 15.4. The molecule has 138 valence electrons. The second-order valence-electron chi connectivity index (χ2n) is 7.37. The van der Waals surface area contributed by atoms with Gasteiger partial charge in [-0.05, 0) is 37.5 Å². The largest absolute Gasteiger partial charge is 0.383 e. The van der Waals surface area contributed by atoms with Gasteiger partial charge in [-0.15, -0.1) is 0 Å². The van der Waals surface area contributed by atoms with Gasteiger partial charge in [-0.2, -0.15) is 0 Å². The van der Waals surface area contributed by atoms with Crippen LogP contribution in [0.5, 0.6) is 0 Å². The van der Waals surface area contributed by atoms with E-state index in [2.05, 4.69) is 16.8 Å². The van der Waals surface area contributed by atoms with Crippen LogP contribution in [0.25, 0.3) is 0 Å². The fraction of sp³-hybridized carbons (Fsp3) is 0.684. The van der Waals surface area contributed by atoms with Crippen LogP contribution in [0.3, 0.4) is 0 Å². The number of methoxy groups -OCH3 is 2. The van der Waals surface area contributed by atoms with Crippen LogP contribution in [-0.2, 0) is 15.1 Å². The van der Waals surface area contributed by atoms with Crippen LogP contribution in [0.2, 0.25) is 0 Å². The van der Waals surface area contributed by atoms with Crippen LogP contribution in [0, 0.1) is 11.8 Å². The molecule has 2 unspecified atom stereocenters. The van der Waals surface area contributed by atoms with E-state index in [-0.39, 0.29) is 5.60 Å². The lowest BCUT2D eigenvalue weighted by molar-refractivity contribution is -0.175. The fourth-order valence-corrected chi connectivity index (χ4v) is 4.90. The number of amides is 1. The number of nitrogens with two attached hydrogens (primary N) is 1. The van der Waals surface area contributed by atoms with Gasteiger partial charge in [-0.3, -0.25) is 14.7 Å². The molecular formula is C19H29N3O3. The average molecular weight is 347 g/mol. The highest BCUT2D eigenvalue weighted by Crippen LogP contribution is 2.51. The molecule has 0 spiro atoms. The molecule has 1 aliphatic heterocycles. The molecule has 6 heteroatoms. The highest BCUT2D eigenvalue weighted by molar-refractivity contribution is 5.90. The second-order valence-corrected chi connectivity index (χ2v) is 7.37. The van der Waals surface area contributed by atoms with Crippen LogP contribution in [0.1, 0.15) is 42.2 Å². The summed E-state index contributed by atoms with van der Waals surface area (Å²) in [4.78, 5) is 18.2. The first-order valence-corrected chi connectivity index (χ1v) is 9.07. The summed E-state index contributed by atoms with van der Waals surface area (Å²) in [5.74, 6) is 0.268. The number of likely N-dealkylation sites (tertiary alicyclic amines) is 1. The van der Waals surface area contributed by atoms with Crippen molar-refractivity contribution in [1.29, 1.82) is 0 Å². The van der Waals surface area contributed by atoms with Gasteiger partial charge >= 0.3 is 0 Å². The van der Waals surface area contributed by atoms with Gasteiger partial charge in [0.15, 0.2) is 0 Å². The zero-order valence-electron chi connectivity index (χ0n) is 15.4. The normalized spacial score (nSPS) is 30.8. The predicted molar refractivity (Wildman–Crippen MR) is 95.2 cm³/mol. The quantitative estimate of drug-likeness (QED) is 0.849. The highest BCUT2D eigenvalue weighted by Gasteiger charge is 2.53. The first kappa shape index (κ1) is 18.3. The molecule has 6 nitrogen and oxygen atoms in total. The van der Waals surface area contributed by atoms with Crippen LogP contribution < -0.4 is 5.73 Å². The standard InChI is InChI=1S/C19H29N3O3/c1-13(12-24-2)22-10-15-5-4-6-16(11-22)19(15,25-3)14-7-8-21-17(9-14)18(20)23/h7-9,13,15-16H,4-6,10-12H2,1-3H3,(H2,20,23)/t13-,15?,16?,19?/m0/s1. The molecular weight excluding hydrogens is 318 g/mol. The van der Waals surface area contributed by atoms with Crippen LogP contribution >= 0.6 is 0 Å². The summed E-state index contributed by atoms with van der Waals surface area (Å²) in [7, 11) is 3.55. The molecule has 2 heterocycles. The number of hydrogen-bond donors (Lipinski definition) is 1. The van der Waals surface area contributed by atoms with Crippen LogP contribution in [0.4, 0.5) is 0 Å². The molecule has 1 aromatic rings. The van der Waals surface area contributed by atoms with Gasteiger partial charge in [0.2, 0.25) is 0 Å². The Balaban J connectivity index is 1.96. The van der Waals surface area contributed by atoms with Crippen molar-refractivity contribution in [2.24, 2.45) is 17.6 Å². The van der Waals surface area contributed by atoms with Gasteiger partial charge in [0.25, 0.3) is 5.91 Å². The number of fused-ring (bicyclic) bond motifs is 2. The summed E-state index contributed by atoms with van der Waals surface area (Å²) >= 11 is 0. The van der Waals surface area contributed by atoms with Crippen LogP contribution in [-0.4, -0.2) is 55.7 Å². The number of carbonyl (C=O) groups is 1. The molecule has 2 bridgehead atoms.